The quantitative estimate of drug-likeness (QED) is 0.0748. The number of quaternary nitrogens is 1. The van der Waals surface area contributed by atoms with E-state index in [0.717, 1.165) is 92.6 Å². The molecule has 0 radical (unpaired) electrons. The van der Waals surface area contributed by atoms with Crippen LogP contribution in [0.15, 0.2) is 177 Å². The van der Waals surface area contributed by atoms with Crippen molar-refractivity contribution >= 4 is 22.5 Å². The van der Waals surface area contributed by atoms with Crippen LogP contribution in [0.1, 0.15) is 50.8 Å². The van der Waals surface area contributed by atoms with Gasteiger partial charge in [-0.3, -0.25) is 4.98 Å². The molecule has 0 saturated carbocycles. The molecule has 3 saturated heterocycles. The van der Waals surface area contributed by atoms with Gasteiger partial charge in [-0.2, -0.15) is 4.98 Å². The molecule has 4 unspecified atom stereocenters. The molecule has 3 aliphatic heterocycles. The summed E-state index contributed by atoms with van der Waals surface area (Å²) in [6, 6.07) is 53.2. The van der Waals surface area contributed by atoms with Gasteiger partial charge in [0.05, 0.1) is 24.2 Å². The number of nitrogens with zero attached hydrogens (tertiary/aromatic N) is 4. The smallest absolute Gasteiger partial charge is 0.227 e. The van der Waals surface area contributed by atoms with E-state index >= 15 is 0 Å². The zero-order valence-electron chi connectivity index (χ0n) is 37.6. The lowest BCUT2D eigenvalue weighted by molar-refractivity contribution is -0.984. The lowest BCUT2D eigenvalue weighted by Gasteiger charge is -2.58. The first-order chi connectivity index (χ1) is 32.1. The van der Waals surface area contributed by atoms with Gasteiger partial charge in [0.15, 0.2) is 11.9 Å². The summed E-state index contributed by atoms with van der Waals surface area (Å²) in [5, 5.41) is 12.2. The summed E-state index contributed by atoms with van der Waals surface area (Å²) in [5.74, 6) is 2.64. The maximum Gasteiger partial charge on any atom is 0.227 e. The molecule has 2 bridgehead atoms. The van der Waals surface area contributed by atoms with Gasteiger partial charge in [-0.05, 0) is 79.8 Å². The number of pyridine rings is 1. The molecule has 11 rings (SSSR count). The minimum Gasteiger partial charge on any atom is -0.508 e. The molecule has 3 fully saturated rings. The number of aromatic hydroxyl groups is 1. The Hall–Kier alpha value is -6.80. The van der Waals surface area contributed by atoms with Crippen LogP contribution in [0.25, 0.3) is 55.7 Å². The summed E-state index contributed by atoms with van der Waals surface area (Å²) in [6.07, 6.45) is 5.43. The van der Waals surface area contributed by atoms with Crippen LogP contribution in [0.3, 0.4) is 0 Å². The van der Waals surface area contributed by atoms with E-state index in [0.29, 0.717) is 34.3 Å². The number of aromatic nitrogens is 3. The van der Waals surface area contributed by atoms with Crippen molar-refractivity contribution in [3.05, 3.63) is 193 Å². The zero-order chi connectivity index (χ0) is 45.4. The fraction of sp³-hybridized carbons (Fsp3) is 0.224. The second-order valence-corrected chi connectivity index (χ2v) is 19.2. The minimum absolute atomic E-state index is 0.0590. The Morgan fingerprint density at radius 3 is 1.98 bits per heavy atom. The van der Waals surface area contributed by atoms with Crippen molar-refractivity contribution in [3.8, 4) is 62.1 Å². The number of phenolic OH excluding ortho intramolecular Hbond substituents is 1. The van der Waals surface area contributed by atoms with Crippen LogP contribution in [0, 0.1) is 11.8 Å². The van der Waals surface area contributed by atoms with Gasteiger partial charge in [0, 0.05) is 58.2 Å². The molecule has 7 nitrogen and oxygen atoms in total. The topological polar surface area (TPSA) is 77.4 Å². The van der Waals surface area contributed by atoms with Crippen LogP contribution >= 0.6 is 11.6 Å². The number of ether oxygens (including phenoxy) is 2. The summed E-state index contributed by atoms with van der Waals surface area (Å²) in [6.45, 7) is 13.3. The average Bonchev–Trinajstić information content (AvgIpc) is 3.34. The number of halogens is 1. The summed E-state index contributed by atoms with van der Waals surface area (Å²) in [7, 11) is 0. The van der Waals surface area contributed by atoms with Gasteiger partial charge >= 0.3 is 0 Å². The number of hydrogen-bond donors (Lipinski definition) is 1. The van der Waals surface area contributed by atoms with E-state index in [9.17, 15) is 5.11 Å². The van der Waals surface area contributed by atoms with Gasteiger partial charge in [-0.1, -0.05) is 139 Å². The molecule has 0 spiro atoms. The Bertz CT molecular complexity index is 2960. The Morgan fingerprint density at radius 2 is 1.38 bits per heavy atom. The molecular weight excluding hydrogens is 836 g/mol. The highest BCUT2D eigenvalue weighted by Gasteiger charge is 2.55. The lowest BCUT2D eigenvalue weighted by Crippen LogP contribution is -2.68. The summed E-state index contributed by atoms with van der Waals surface area (Å²) < 4.78 is 15.4. The van der Waals surface area contributed by atoms with Crippen LogP contribution in [-0.2, 0) is 6.54 Å². The third kappa shape index (κ3) is 8.57. The van der Waals surface area contributed by atoms with Crippen molar-refractivity contribution in [1.82, 2.24) is 15.0 Å². The predicted octanol–water partition coefficient (Wildman–Crippen LogP) is 14.0. The van der Waals surface area contributed by atoms with E-state index in [4.69, 9.17) is 36.0 Å². The van der Waals surface area contributed by atoms with E-state index < -0.39 is 11.7 Å². The number of phenols is 1. The summed E-state index contributed by atoms with van der Waals surface area (Å²) >= 11 is 7.27. The van der Waals surface area contributed by atoms with Crippen LogP contribution < -0.4 is 9.47 Å². The van der Waals surface area contributed by atoms with Gasteiger partial charge < -0.3 is 19.1 Å². The SMILES string of the molecule is C=CC1C[N+]2(Cc3cc(-c4ccccc4)c(OC(C)(C)C)c(-c4ccccc4)c3)CCC1CC2[C@@H](Oc1nc(-c2ccccc2)nc(Cl)c1-c1ccccc1)c1ccnc2ccc(O)cc12. The molecule has 2 aromatic heterocycles. The summed E-state index contributed by atoms with van der Waals surface area (Å²) in [4.78, 5) is 14.9. The molecule has 5 atom stereocenters. The monoisotopic (exact) mass is 889 g/mol. The van der Waals surface area contributed by atoms with Crippen molar-refractivity contribution in [2.24, 2.45) is 11.8 Å². The van der Waals surface area contributed by atoms with Crippen LogP contribution in [-0.4, -0.2) is 49.3 Å². The number of rotatable bonds is 12. The Labute approximate surface area is 392 Å². The maximum atomic E-state index is 11.0. The van der Waals surface area contributed by atoms with Crippen LogP contribution in [0.5, 0.6) is 17.4 Å². The van der Waals surface area contributed by atoms with Crippen LogP contribution in [0.4, 0.5) is 0 Å². The molecule has 8 aromatic rings. The third-order valence-corrected chi connectivity index (χ3v) is 13.8. The molecule has 1 N–H and O–H groups in total. The highest BCUT2D eigenvalue weighted by Crippen LogP contribution is 2.51. The maximum absolute atomic E-state index is 11.0. The lowest BCUT2D eigenvalue weighted by atomic mass is 9.71. The fourth-order valence-corrected chi connectivity index (χ4v) is 10.8. The number of hydrogen-bond acceptors (Lipinski definition) is 6. The van der Waals surface area contributed by atoms with E-state index in [2.05, 4.69) is 112 Å². The van der Waals surface area contributed by atoms with Crippen molar-refractivity contribution < 1.29 is 19.1 Å². The predicted molar refractivity (Wildman–Crippen MR) is 266 cm³/mol. The van der Waals surface area contributed by atoms with E-state index in [1.54, 1.807) is 6.07 Å². The Balaban J connectivity index is 1.19. The third-order valence-electron chi connectivity index (χ3n) is 13.5. The first-order valence-corrected chi connectivity index (χ1v) is 23.3. The Kier molecular flexibility index (Phi) is 11.7. The number of fused-ring (bicyclic) bond motifs is 4. The minimum atomic E-state index is -0.548. The summed E-state index contributed by atoms with van der Waals surface area (Å²) in [5.41, 5.74) is 9.10. The molecule has 8 heteroatoms. The van der Waals surface area contributed by atoms with E-state index in [-0.39, 0.29) is 11.8 Å². The molecule has 330 valence electrons. The first-order valence-electron chi connectivity index (χ1n) is 22.9. The number of piperidine rings is 3. The van der Waals surface area contributed by atoms with Gasteiger partial charge in [0.25, 0.3) is 0 Å². The average molecular weight is 891 g/mol. The van der Waals surface area contributed by atoms with E-state index in [1.807, 2.05) is 79.0 Å². The molecule has 0 amide bonds. The van der Waals surface area contributed by atoms with Gasteiger partial charge in [-0.15, -0.1) is 6.58 Å². The molecule has 3 aliphatic rings. The van der Waals surface area contributed by atoms with Crippen molar-refractivity contribution in [3.63, 3.8) is 0 Å². The van der Waals surface area contributed by atoms with Gasteiger partial charge in [0.1, 0.15) is 34.8 Å². The van der Waals surface area contributed by atoms with E-state index in [1.165, 1.54) is 5.56 Å². The Morgan fingerprint density at radius 1 is 0.773 bits per heavy atom. The van der Waals surface area contributed by atoms with Gasteiger partial charge in [-0.25, -0.2) is 4.98 Å². The molecule has 5 heterocycles. The van der Waals surface area contributed by atoms with Gasteiger partial charge in [0.2, 0.25) is 5.88 Å². The first kappa shape index (κ1) is 43.1. The highest BCUT2D eigenvalue weighted by atomic mass is 35.5. The van der Waals surface area contributed by atoms with Crippen molar-refractivity contribution in [2.75, 3.05) is 13.1 Å². The van der Waals surface area contributed by atoms with Crippen molar-refractivity contribution in [1.29, 1.82) is 0 Å². The number of benzene rings is 6. The van der Waals surface area contributed by atoms with Crippen molar-refractivity contribution in [2.45, 2.75) is 57.9 Å². The molecule has 66 heavy (non-hydrogen) atoms. The zero-order valence-corrected chi connectivity index (χ0v) is 38.4. The van der Waals surface area contributed by atoms with Crippen LogP contribution in [0.2, 0.25) is 5.15 Å². The largest absolute Gasteiger partial charge is 0.508 e. The second-order valence-electron chi connectivity index (χ2n) is 18.9. The second kappa shape index (κ2) is 17.9. The fourth-order valence-electron chi connectivity index (χ4n) is 10.5. The molecule has 0 aliphatic carbocycles. The standard InChI is InChI=1S/C58H53ClN4O3/c1-5-39-37-63(36-38-32-47(40-18-10-6-11-19-40)53(66-58(2,3)4)48(33-38)41-20-12-7-13-21-41)31-29-44(39)34-51(63)54(46-28-30-60-50-27-26-45(64)35-49(46)50)65-57-52(42-22-14-8-15-23-42)55(59)61-56(62-57)43-24-16-9-17-25-43/h5-28,30,32-33,35,39,44,51,54H,1,29,31,34,36-37H2,2-4H3/p+1/t39?,44?,51?,54-,63?/m0/s1. The molecule has 6 aromatic carbocycles. The normalized spacial score (nSPS) is 19.6. The highest BCUT2D eigenvalue weighted by molar-refractivity contribution is 6.32. The molecular formula is C58H54ClN4O3+.